The second-order valence-electron chi connectivity index (χ2n) is 10.7. The number of likely N-dealkylation sites (tertiary alicyclic amines) is 1. The van der Waals surface area contributed by atoms with Crippen molar-refractivity contribution in [2.45, 2.75) is 71.6 Å². The van der Waals surface area contributed by atoms with Crippen molar-refractivity contribution in [2.75, 3.05) is 30.8 Å². The fourth-order valence-corrected chi connectivity index (χ4v) is 5.07. The molecule has 10 nitrogen and oxygen atoms in total. The summed E-state index contributed by atoms with van der Waals surface area (Å²) in [5.41, 5.74) is 0.970. The number of aromatic nitrogens is 4. The summed E-state index contributed by atoms with van der Waals surface area (Å²) in [6.45, 7) is 14.2. The zero-order valence-corrected chi connectivity index (χ0v) is 21.1. The number of carbonyl (C=O) groups is 1. The van der Waals surface area contributed by atoms with Crippen LogP contribution >= 0.6 is 0 Å². The Kier molecular flexibility index (Phi) is 6.17. The third-order valence-corrected chi connectivity index (χ3v) is 7.03. The maximum atomic E-state index is 14.4. The van der Waals surface area contributed by atoms with Crippen molar-refractivity contribution >= 4 is 23.6 Å². The molecule has 11 heteroatoms. The first-order valence-electron chi connectivity index (χ1n) is 11.8. The number of H-pyrrole nitrogens is 1. The molecule has 34 heavy (non-hydrogen) atoms. The molecule has 0 spiro atoms. The van der Waals surface area contributed by atoms with E-state index in [2.05, 4.69) is 61.9 Å². The number of carbonyl (C=O) groups excluding carboxylic acids is 1. The van der Waals surface area contributed by atoms with E-state index in [9.17, 15) is 9.18 Å². The van der Waals surface area contributed by atoms with E-state index in [1.165, 1.54) is 0 Å². The largest absolute Gasteiger partial charge is 0.352 e. The Morgan fingerprint density at radius 3 is 2.71 bits per heavy atom. The Morgan fingerprint density at radius 2 is 2.06 bits per heavy atom. The van der Waals surface area contributed by atoms with Crippen LogP contribution in [0.5, 0.6) is 0 Å². The highest BCUT2D eigenvalue weighted by atomic mass is 19.1. The highest BCUT2D eigenvalue weighted by Gasteiger charge is 2.45. The summed E-state index contributed by atoms with van der Waals surface area (Å²) in [5.74, 6) is 0.823. The lowest BCUT2D eigenvalue weighted by Gasteiger charge is -2.36. The summed E-state index contributed by atoms with van der Waals surface area (Å²) in [7, 11) is 2.11. The van der Waals surface area contributed by atoms with Crippen LogP contribution in [0.1, 0.15) is 59.2 Å². The molecule has 0 aliphatic carbocycles. The fraction of sp³-hybridized carbons (Fsp3) is 0.652. The summed E-state index contributed by atoms with van der Waals surface area (Å²) < 4.78 is 14.4. The Balaban J connectivity index is 1.49. The van der Waals surface area contributed by atoms with Gasteiger partial charge in [0.15, 0.2) is 17.5 Å². The predicted octanol–water partition coefficient (Wildman–Crippen LogP) is 3.39. The zero-order valence-electron chi connectivity index (χ0n) is 21.1. The first kappa shape index (κ1) is 24.2. The SMILES string of the molecule is CC(C)Nc1ncc(F)c(Nc2n[nH]c3c2CN(C(=O)NCC2(C)C[C@@H](C)CN2C)C3(C)C)n1. The van der Waals surface area contributed by atoms with Gasteiger partial charge in [0.1, 0.15) is 0 Å². The fourth-order valence-electron chi connectivity index (χ4n) is 5.07. The average Bonchev–Trinajstić information content (AvgIpc) is 3.34. The quantitative estimate of drug-likeness (QED) is 0.508. The van der Waals surface area contributed by atoms with Crippen molar-refractivity contribution in [1.82, 2.24) is 35.3 Å². The number of amides is 2. The van der Waals surface area contributed by atoms with E-state index < -0.39 is 11.4 Å². The number of hydrogen-bond acceptors (Lipinski definition) is 7. The van der Waals surface area contributed by atoms with Crippen LogP contribution in [0, 0.1) is 11.7 Å². The molecule has 1 unspecified atom stereocenters. The number of aromatic amines is 1. The van der Waals surface area contributed by atoms with Gasteiger partial charge < -0.3 is 20.9 Å². The molecule has 186 valence electrons. The van der Waals surface area contributed by atoms with Gasteiger partial charge in [0.05, 0.1) is 24.0 Å². The summed E-state index contributed by atoms with van der Waals surface area (Å²) in [6, 6.07) is -0.0262. The molecule has 2 aliphatic rings. The lowest BCUT2D eigenvalue weighted by atomic mass is 9.95. The van der Waals surface area contributed by atoms with Crippen LogP contribution in [0.2, 0.25) is 0 Å². The third kappa shape index (κ3) is 4.40. The van der Waals surface area contributed by atoms with Gasteiger partial charge in [-0.3, -0.25) is 10.00 Å². The number of rotatable bonds is 6. The average molecular weight is 474 g/mol. The lowest BCUT2D eigenvalue weighted by Crippen LogP contribution is -2.53. The predicted molar refractivity (Wildman–Crippen MR) is 129 cm³/mol. The van der Waals surface area contributed by atoms with Crippen LogP contribution < -0.4 is 16.0 Å². The minimum atomic E-state index is -0.600. The Morgan fingerprint density at radius 1 is 1.32 bits per heavy atom. The summed E-state index contributed by atoms with van der Waals surface area (Å²) in [5, 5.41) is 16.6. The number of likely N-dealkylation sites (N-methyl/N-ethyl adjacent to an activating group) is 1. The summed E-state index contributed by atoms with van der Waals surface area (Å²) >= 11 is 0. The number of anilines is 3. The summed E-state index contributed by atoms with van der Waals surface area (Å²) in [4.78, 5) is 25.6. The Labute approximate surface area is 200 Å². The van der Waals surface area contributed by atoms with Crippen LogP contribution in [-0.4, -0.2) is 67.7 Å². The molecule has 2 aliphatic heterocycles. The molecule has 0 saturated carbocycles. The van der Waals surface area contributed by atoms with E-state index in [0.29, 0.717) is 30.8 Å². The second kappa shape index (κ2) is 8.68. The Bertz CT molecular complexity index is 1070. The van der Waals surface area contributed by atoms with E-state index in [0.717, 1.165) is 30.4 Å². The molecule has 4 heterocycles. The molecule has 0 aromatic carbocycles. The molecule has 2 atom stereocenters. The molecule has 4 N–H and O–H groups in total. The molecule has 2 aromatic heterocycles. The molecular weight excluding hydrogens is 437 g/mol. The number of nitrogens with one attached hydrogen (secondary N) is 4. The first-order valence-corrected chi connectivity index (χ1v) is 11.8. The lowest BCUT2D eigenvalue weighted by molar-refractivity contribution is 0.132. The zero-order chi connectivity index (χ0) is 24.8. The highest BCUT2D eigenvalue weighted by molar-refractivity contribution is 5.77. The number of halogens is 1. The van der Waals surface area contributed by atoms with Gasteiger partial charge in [-0.15, -0.1) is 0 Å². The minimum absolute atomic E-state index is 0.0273. The van der Waals surface area contributed by atoms with Gasteiger partial charge in [-0.2, -0.15) is 10.1 Å². The minimum Gasteiger partial charge on any atom is -0.352 e. The van der Waals surface area contributed by atoms with E-state index >= 15 is 0 Å². The molecular formula is C23H36FN9O. The molecule has 2 aromatic rings. The Hall–Kier alpha value is -2.95. The number of fused-ring (bicyclic) bond motifs is 1. The topological polar surface area (TPSA) is 114 Å². The van der Waals surface area contributed by atoms with Crippen molar-refractivity contribution in [2.24, 2.45) is 5.92 Å². The van der Waals surface area contributed by atoms with E-state index in [1.807, 2.05) is 27.7 Å². The number of hydrogen-bond donors (Lipinski definition) is 4. The molecule has 4 rings (SSSR count). The second-order valence-corrected chi connectivity index (χ2v) is 10.7. The van der Waals surface area contributed by atoms with Crippen molar-refractivity contribution in [1.29, 1.82) is 0 Å². The maximum Gasteiger partial charge on any atom is 0.318 e. The smallest absolute Gasteiger partial charge is 0.318 e. The normalized spacial score (nSPS) is 23.9. The van der Waals surface area contributed by atoms with Gasteiger partial charge in [-0.25, -0.2) is 14.2 Å². The van der Waals surface area contributed by atoms with Crippen molar-refractivity contribution in [3.05, 3.63) is 23.3 Å². The van der Waals surface area contributed by atoms with E-state index in [1.54, 1.807) is 4.90 Å². The third-order valence-electron chi connectivity index (χ3n) is 7.03. The van der Waals surface area contributed by atoms with E-state index in [4.69, 9.17) is 0 Å². The van der Waals surface area contributed by atoms with Crippen LogP contribution in [-0.2, 0) is 12.1 Å². The molecule has 2 amide bonds. The first-order chi connectivity index (χ1) is 15.9. The molecule has 0 bridgehead atoms. The molecule has 1 fully saturated rings. The van der Waals surface area contributed by atoms with E-state index in [-0.39, 0.29) is 23.4 Å². The van der Waals surface area contributed by atoms with Gasteiger partial charge in [0.25, 0.3) is 0 Å². The van der Waals surface area contributed by atoms with Crippen LogP contribution in [0.25, 0.3) is 0 Å². The van der Waals surface area contributed by atoms with Gasteiger partial charge in [-0.1, -0.05) is 6.92 Å². The van der Waals surface area contributed by atoms with Crippen molar-refractivity contribution in [3.63, 3.8) is 0 Å². The van der Waals surface area contributed by atoms with Gasteiger partial charge in [0.2, 0.25) is 5.95 Å². The van der Waals surface area contributed by atoms with Gasteiger partial charge in [0, 0.05) is 30.2 Å². The highest BCUT2D eigenvalue weighted by Crippen LogP contribution is 2.41. The number of nitrogens with zero attached hydrogens (tertiary/aromatic N) is 5. The van der Waals surface area contributed by atoms with Crippen LogP contribution in [0.3, 0.4) is 0 Å². The standard InChI is InChI=1S/C23H36FN9O/c1-13(2)27-20-25-9-16(24)19(29-20)28-18-15-11-33(22(4,5)17(15)30-31-18)21(34)26-12-23(6)8-14(3)10-32(23)7/h9,13-14H,8,10-12H2,1-7H3,(H,26,34)(H3,25,27,28,29,30,31)/t14-,23?/m1/s1. The number of urea groups is 1. The van der Waals surface area contributed by atoms with Crippen molar-refractivity contribution < 1.29 is 9.18 Å². The molecule has 0 radical (unpaired) electrons. The maximum absolute atomic E-state index is 14.4. The van der Waals surface area contributed by atoms with Gasteiger partial charge >= 0.3 is 6.03 Å². The van der Waals surface area contributed by atoms with Crippen LogP contribution in [0.15, 0.2) is 6.20 Å². The van der Waals surface area contributed by atoms with Crippen molar-refractivity contribution in [3.8, 4) is 0 Å². The monoisotopic (exact) mass is 473 g/mol. The molecule has 1 saturated heterocycles. The summed E-state index contributed by atoms with van der Waals surface area (Å²) in [6.07, 6.45) is 2.17. The van der Waals surface area contributed by atoms with Gasteiger partial charge in [-0.05, 0) is 54.0 Å². The van der Waals surface area contributed by atoms with Crippen LogP contribution in [0.4, 0.5) is 26.8 Å².